The minimum absolute atomic E-state index is 0.00687. The van der Waals surface area contributed by atoms with Crippen molar-refractivity contribution in [3.63, 3.8) is 0 Å². The molecule has 5 heteroatoms. The predicted molar refractivity (Wildman–Crippen MR) is 31.1 cm³/mol. The van der Waals surface area contributed by atoms with Crippen LogP contribution >= 0.6 is 0 Å². The normalized spacial score (nSPS) is 11.2. The first kappa shape index (κ1) is 8.58. The Kier molecular flexibility index (Phi) is 3.41. The van der Waals surface area contributed by atoms with Crippen LogP contribution in [0.5, 0.6) is 0 Å². The maximum atomic E-state index is 10.2. The zero-order valence-corrected chi connectivity index (χ0v) is 5.77. The van der Waals surface area contributed by atoms with Gasteiger partial charge in [0.1, 0.15) is 0 Å². The number of rotatable bonds is 4. The fraction of sp³-hybridized carbons (Fsp3) is 0.750. The Morgan fingerprint density at radius 1 is 1.56 bits per heavy atom. The molecule has 0 rings (SSSR count). The molecule has 0 heterocycles. The average molecular weight is 151 g/mol. The molecule has 0 unspecified atom stereocenters. The molecular formula is C4H7O4S. The van der Waals surface area contributed by atoms with Gasteiger partial charge in [-0.2, -0.15) is 8.42 Å². The molecule has 9 heavy (non-hydrogen) atoms. The number of carbonyl (C=O) groups excluding carboxylic acids is 1. The second-order valence-electron chi connectivity index (χ2n) is 1.42. The van der Waals surface area contributed by atoms with Crippen LogP contribution in [0.3, 0.4) is 0 Å². The highest BCUT2D eigenvalue weighted by Crippen LogP contribution is 1.86. The van der Waals surface area contributed by atoms with Crippen LogP contribution in [0.2, 0.25) is 0 Å². The van der Waals surface area contributed by atoms with Crippen LogP contribution in [-0.4, -0.2) is 27.6 Å². The molecule has 1 radical (unpaired) electrons. The molecule has 0 saturated heterocycles. The minimum Gasteiger partial charge on any atom is -0.291 e. The van der Waals surface area contributed by atoms with Crippen LogP contribution in [0, 0.1) is 0 Å². The second kappa shape index (κ2) is 3.58. The van der Waals surface area contributed by atoms with Gasteiger partial charge in [-0.05, 0) is 0 Å². The zero-order valence-electron chi connectivity index (χ0n) is 4.96. The zero-order chi connectivity index (χ0) is 7.33. The van der Waals surface area contributed by atoms with Crippen LogP contribution in [0.25, 0.3) is 0 Å². The van der Waals surface area contributed by atoms with E-state index in [0.29, 0.717) is 0 Å². The second-order valence-corrected chi connectivity index (χ2v) is 3.06. The van der Waals surface area contributed by atoms with Gasteiger partial charge in [-0.1, -0.05) is 0 Å². The van der Waals surface area contributed by atoms with E-state index in [2.05, 4.69) is 4.18 Å². The highest BCUT2D eigenvalue weighted by molar-refractivity contribution is 7.85. The molecule has 0 spiro atoms. The largest absolute Gasteiger partial charge is 0.291 e. The van der Waals surface area contributed by atoms with Crippen LogP contribution in [0.4, 0.5) is 0 Å². The fourth-order valence-corrected chi connectivity index (χ4v) is 0.621. The Balaban J connectivity index is 3.40. The molecule has 0 atom stereocenters. The summed E-state index contributed by atoms with van der Waals surface area (Å²) in [6.45, 7) is -0.109. The van der Waals surface area contributed by atoms with Crippen molar-refractivity contribution in [1.29, 1.82) is 0 Å². The van der Waals surface area contributed by atoms with E-state index in [-0.39, 0.29) is 13.0 Å². The number of hydrogen-bond donors (Lipinski definition) is 0. The lowest BCUT2D eigenvalue weighted by molar-refractivity contribution is 0.330. The van der Waals surface area contributed by atoms with E-state index in [1.165, 1.54) is 6.29 Å². The summed E-state index contributed by atoms with van der Waals surface area (Å²) >= 11 is 0. The van der Waals surface area contributed by atoms with Gasteiger partial charge in [-0.25, -0.2) is 0 Å². The van der Waals surface area contributed by atoms with E-state index < -0.39 is 10.1 Å². The fourth-order valence-electron chi connectivity index (χ4n) is 0.235. The van der Waals surface area contributed by atoms with Gasteiger partial charge in [0.2, 0.25) is 6.29 Å². The first-order chi connectivity index (χ1) is 4.06. The monoisotopic (exact) mass is 151 g/mol. The van der Waals surface area contributed by atoms with Crippen LogP contribution in [-0.2, 0) is 19.1 Å². The van der Waals surface area contributed by atoms with Gasteiger partial charge in [-0.15, -0.1) is 0 Å². The van der Waals surface area contributed by atoms with Crippen molar-refractivity contribution < 1.29 is 17.4 Å². The lowest BCUT2D eigenvalue weighted by atomic mass is 10.5. The van der Waals surface area contributed by atoms with Gasteiger partial charge >= 0.3 is 0 Å². The molecule has 0 N–H and O–H groups in total. The van der Waals surface area contributed by atoms with Crippen molar-refractivity contribution in [3.05, 3.63) is 0 Å². The average Bonchev–Trinajstić information content (AvgIpc) is 1.63. The Morgan fingerprint density at radius 3 is 2.44 bits per heavy atom. The highest BCUT2D eigenvalue weighted by Gasteiger charge is 1.98. The van der Waals surface area contributed by atoms with E-state index in [0.717, 1.165) is 6.26 Å². The SMILES string of the molecule is CS(=O)(=O)OCC[C]=O. The summed E-state index contributed by atoms with van der Waals surface area (Å²) in [6.07, 6.45) is 2.42. The van der Waals surface area contributed by atoms with Crippen molar-refractivity contribution in [1.82, 2.24) is 0 Å². The lowest BCUT2D eigenvalue weighted by Gasteiger charge is -1.93. The summed E-state index contributed by atoms with van der Waals surface area (Å²) in [7, 11) is -3.38. The summed E-state index contributed by atoms with van der Waals surface area (Å²) in [5, 5.41) is 0. The van der Waals surface area contributed by atoms with Gasteiger partial charge in [0.15, 0.2) is 0 Å². The molecule has 0 saturated carbocycles. The molecule has 0 bridgehead atoms. The van der Waals surface area contributed by atoms with Crippen molar-refractivity contribution in [2.75, 3.05) is 12.9 Å². The first-order valence-electron chi connectivity index (χ1n) is 2.25. The Labute approximate surface area is 53.9 Å². The van der Waals surface area contributed by atoms with E-state index in [1.54, 1.807) is 0 Å². The molecule has 0 aromatic carbocycles. The van der Waals surface area contributed by atoms with Gasteiger partial charge in [0, 0.05) is 6.42 Å². The molecule has 0 aliphatic carbocycles. The van der Waals surface area contributed by atoms with E-state index >= 15 is 0 Å². The third-order valence-corrected chi connectivity index (χ3v) is 1.10. The Hall–Kier alpha value is -0.420. The van der Waals surface area contributed by atoms with E-state index in [9.17, 15) is 13.2 Å². The predicted octanol–water partition coefficient (Wildman–Crippen LogP) is -0.538. The van der Waals surface area contributed by atoms with Crippen molar-refractivity contribution >= 4 is 16.4 Å². The summed E-state index contributed by atoms with van der Waals surface area (Å²) in [5.41, 5.74) is 0. The molecule has 0 aromatic rings. The van der Waals surface area contributed by atoms with Crippen LogP contribution < -0.4 is 0 Å². The van der Waals surface area contributed by atoms with Gasteiger partial charge in [0.05, 0.1) is 12.9 Å². The minimum atomic E-state index is -3.38. The van der Waals surface area contributed by atoms with Gasteiger partial charge in [-0.3, -0.25) is 8.98 Å². The molecule has 0 aliphatic rings. The third kappa shape index (κ3) is 7.58. The lowest BCUT2D eigenvalue weighted by Crippen LogP contribution is -2.03. The van der Waals surface area contributed by atoms with Gasteiger partial charge < -0.3 is 0 Å². The van der Waals surface area contributed by atoms with Crippen molar-refractivity contribution in [3.8, 4) is 0 Å². The number of hydrogen-bond acceptors (Lipinski definition) is 4. The molecule has 0 amide bonds. The molecule has 53 valence electrons. The van der Waals surface area contributed by atoms with Crippen molar-refractivity contribution in [2.24, 2.45) is 0 Å². The third-order valence-electron chi connectivity index (χ3n) is 0.502. The maximum absolute atomic E-state index is 10.2. The van der Waals surface area contributed by atoms with Gasteiger partial charge in [0.25, 0.3) is 10.1 Å². The van der Waals surface area contributed by atoms with E-state index in [1.807, 2.05) is 0 Å². The summed E-state index contributed by atoms with van der Waals surface area (Å²) in [4.78, 5) is 9.49. The Morgan fingerprint density at radius 2 is 2.11 bits per heavy atom. The summed E-state index contributed by atoms with van der Waals surface area (Å²) < 4.78 is 24.5. The molecular weight excluding hydrogens is 144 g/mol. The summed E-state index contributed by atoms with van der Waals surface area (Å²) in [5.74, 6) is 0. The standard InChI is InChI=1S/C4H7O4S/c1-9(6,7)8-4-2-3-5/h2,4H2,1H3. The molecule has 0 aliphatic heterocycles. The Bertz CT molecular complexity index is 169. The highest BCUT2D eigenvalue weighted by atomic mass is 32.2. The van der Waals surface area contributed by atoms with Crippen LogP contribution in [0.1, 0.15) is 6.42 Å². The molecule has 4 nitrogen and oxygen atoms in total. The molecule has 0 aromatic heterocycles. The first-order valence-corrected chi connectivity index (χ1v) is 4.07. The molecule has 0 fully saturated rings. The van der Waals surface area contributed by atoms with Crippen LogP contribution in [0.15, 0.2) is 0 Å². The topological polar surface area (TPSA) is 60.4 Å². The maximum Gasteiger partial charge on any atom is 0.264 e. The quantitative estimate of drug-likeness (QED) is 0.400. The smallest absolute Gasteiger partial charge is 0.264 e. The summed E-state index contributed by atoms with van der Waals surface area (Å²) in [6, 6.07) is 0. The van der Waals surface area contributed by atoms with Crippen molar-refractivity contribution in [2.45, 2.75) is 6.42 Å². The van der Waals surface area contributed by atoms with E-state index in [4.69, 9.17) is 0 Å².